The number of hydrogen-bond donors (Lipinski definition) is 4. The van der Waals surface area contributed by atoms with Crippen molar-refractivity contribution in [3.8, 4) is 0 Å². The van der Waals surface area contributed by atoms with Crippen molar-refractivity contribution in [1.82, 2.24) is 0 Å². The van der Waals surface area contributed by atoms with Gasteiger partial charge in [-0.25, -0.2) is 0 Å². The second-order valence-corrected chi connectivity index (χ2v) is 11.5. The maximum absolute atomic E-state index is 12.2. The summed E-state index contributed by atoms with van der Waals surface area (Å²) in [5.74, 6) is 1.91. The molecule has 7 heteroatoms. The van der Waals surface area contributed by atoms with Crippen LogP contribution in [0.1, 0.15) is 92.4 Å². The molecular weight excluding hydrogens is 436 g/mol. The van der Waals surface area contributed by atoms with E-state index in [2.05, 4.69) is 20.8 Å². The van der Waals surface area contributed by atoms with Crippen molar-refractivity contribution < 1.29 is 34.8 Å². The van der Waals surface area contributed by atoms with Gasteiger partial charge in [0, 0.05) is 37.7 Å². The van der Waals surface area contributed by atoms with Gasteiger partial charge in [0.25, 0.3) is 0 Å². The number of carbonyl (C=O) groups is 3. The monoisotopic (exact) mass is 482 g/mol. The smallest absolute Gasteiger partial charge is 0.303 e. The van der Waals surface area contributed by atoms with Gasteiger partial charge in [0.05, 0.1) is 6.10 Å². The molecule has 0 saturated heterocycles. The fraction of sp³-hybridized carbons (Fsp3) is 0.889. The summed E-state index contributed by atoms with van der Waals surface area (Å²) in [5, 5.41) is 36.6. The van der Waals surface area contributed by atoms with Gasteiger partial charge < -0.3 is 20.4 Å². The molecule has 4 fully saturated rings. The molecule has 0 aliphatic heterocycles. The number of Topliss-reactive ketones (excluding diaryl/α,β-unsaturated/α-hetero) is 1. The number of fused-ring (bicyclic) bond motifs is 5. The third kappa shape index (κ3) is 5.35. The molecule has 4 saturated carbocycles. The normalized spacial score (nSPS) is 42.6. The topological polar surface area (TPSA) is 132 Å². The fourth-order valence-corrected chi connectivity index (χ4v) is 8.05. The molecule has 0 aromatic carbocycles. The summed E-state index contributed by atoms with van der Waals surface area (Å²) in [6.07, 6.45) is 7.01. The maximum Gasteiger partial charge on any atom is 0.303 e. The summed E-state index contributed by atoms with van der Waals surface area (Å²) in [7, 11) is 0. The summed E-state index contributed by atoms with van der Waals surface area (Å²) in [6, 6.07) is 0. The van der Waals surface area contributed by atoms with E-state index in [9.17, 15) is 24.6 Å². The summed E-state index contributed by atoms with van der Waals surface area (Å²) in [4.78, 5) is 31.0. The lowest BCUT2D eigenvalue weighted by molar-refractivity contribution is -0.186. The molecule has 0 aromatic heterocycles. The zero-order valence-electron chi connectivity index (χ0n) is 21.6. The highest BCUT2D eigenvalue weighted by atomic mass is 16.4. The van der Waals surface area contributed by atoms with E-state index in [1.165, 1.54) is 0 Å². The molecule has 0 unspecified atom stereocenters. The number of ketones is 1. The highest BCUT2D eigenvalue weighted by molar-refractivity contribution is 5.80. The Morgan fingerprint density at radius 3 is 2.03 bits per heavy atom. The molecule has 4 N–H and O–H groups in total. The zero-order chi connectivity index (χ0) is 25.8. The van der Waals surface area contributed by atoms with Crippen LogP contribution in [0.4, 0.5) is 0 Å². The van der Waals surface area contributed by atoms with Crippen LogP contribution in [0.5, 0.6) is 0 Å². The van der Waals surface area contributed by atoms with E-state index in [0.29, 0.717) is 54.1 Å². The first-order valence-electron chi connectivity index (χ1n) is 13.1. The van der Waals surface area contributed by atoms with Crippen LogP contribution in [0.3, 0.4) is 0 Å². The van der Waals surface area contributed by atoms with Crippen LogP contribution in [0, 0.1) is 46.3 Å². The largest absolute Gasteiger partial charge is 0.481 e. The first-order chi connectivity index (χ1) is 15.9. The van der Waals surface area contributed by atoms with Crippen LogP contribution in [0.15, 0.2) is 0 Å². The number of hydrogen-bond acceptors (Lipinski definition) is 5. The van der Waals surface area contributed by atoms with Crippen molar-refractivity contribution in [2.75, 3.05) is 6.61 Å². The van der Waals surface area contributed by atoms with Crippen LogP contribution in [-0.2, 0) is 14.4 Å². The minimum Gasteiger partial charge on any atom is -0.481 e. The fourth-order valence-electron chi connectivity index (χ4n) is 8.05. The average Bonchev–Trinajstić information content (AvgIpc) is 3.08. The number of carboxylic acid groups (broad SMARTS) is 2. The van der Waals surface area contributed by atoms with Gasteiger partial charge in [0.1, 0.15) is 5.78 Å². The lowest BCUT2D eigenvalue weighted by Gasteiger charge is -2.64. The van der Waals surface area contributed by atoms with Crippen LogP contribution in [-0.4, -0.2) is 50.9 Å². The number of aliphatic carboxylic acids is 2. The van der Waals surface area contributed by atoms with Crippen LogP contribution in [0.2, 0.25) is 0 Å². The Morgan fingerprint density at radius 2 is 1.53 bits per heavy atom. The van der Waals surface area contributed by atoms with E-state index in [1.54, 1.807) is 13.8 Å². The Balaban J connectivity index is 0.000000347. The Morgan fingerprint density at radius 1 is 0.971 bits per heavy atom. The zero-order valence-corrected chi connectivity index (χ0v) is 21.6. The Kier molecular flexibility index (Phi) is 9.74. The molecule has 0 aromatic rings. The molecule has 0 radical (unpaired) electrons. The summed E-state index contributed by atoms with van der Waals surface area (Å²) < 4.78 is 0. The molecule has 0 spiro atoms. The molecule has 4 aliphatic carbocycles. The second-order valence-electron chi connectivity index (χ2n) is 11.5. The molecule has 7 nitrogen and oxygen atoms in total. The van der Waals surface area contributed by atoms with Crippen molar-refractivity contribution in [3.05, 3.63) is 0 Å². The van der Waals surface area contributed by atoms with Crippen molar-refractivity contribution in [2.45, 2.75) is 98.5 Å². The maximum atomic E-state index is 12.2. The van der Waals surface area contributed by atoms with E-state index >= 15 is 0 Å². The molecule has 34 heavy (non-hydrogen) atoms. The van der Waals surface area contributed by atoms with E-state index in [1.807, 2.05) is 0 Å². The minimum absolute atomic E-state index is 0.0556. The van der Waals surface area contributed by atoms with Crippen LogP contribution in [0.25, 0.3) is 0 Å². The van der Waals surface area contributed by atoms with Crippen LogP contribution < -0.4 is 0 Å². The second kappa shape index (κ2) is 11.5. The van der Waals surface area contributed by atoms with Gasteiger partial charge in [-0.15, -0.1) is 0 Å². The molecule has 0 amide bonds. The molecule has 4 rings (SSSR count). The number of aliphatic hydroxyl groups is 2. The van der Waals surface area contributed by atoms with Gasteiger partial charge in [-0.1, -0.05) is 34.6 Å². The number of rotatable bonds is 3. The van der Waals surface area contributed by atoms with Crippen molar-refractivity contribution >= 4 is 17.7 Å². The predicted octanol–water partition coefficient (Wildman–Crippen LogP) is 4.39. The third-order valence-electron chi connectivity index (χ3n) is 9.85. The quantitative estimate of drug-likeness (QED) is 0.469. The van der Waals surface area contributed by atoms with Crippen molar-refractivity contribution in [2.24, 2.45) is 46.3 Å². The van der Waals surface area contributed by atoms with Crippen molar-refractivity contribution in [3.63, 3.8) is 0 Å². The van der Waals surface area contributed by atoms with Gasteiger partial charge in [-0.3, -0.25) is 14.4 Å². The lowest BCUT2D eigenvalue weighted by Crippen LogP contribution is -2.61. The highest BCUT2D eigenvalue weighted by Crippen LogP contribution is 2.68. The Hall–Kier alpha value is -1.47. The Bertz CT molecular complexity index is 722. The Labute approximate surface area is 204 Å². The predicted molar refractivity (Wildman–Crippen MR) is 129 cm³/mol. The number of carboxylic acids is 2. The third-order valence-corrected chi connectivity index (χ3v) is 9.85. The molecule has 196 valence electrons. The first-order valence-corrected chi connectivity index (χ1v) is 13.1. The molecule has 4 aliphatic rings. The number of carbonyl (C=O) groups excluding carboxylic acids is 1. The van der Waals surface area contributed by atoms with Gasteiger partial charge in [-0.2, -0.15) is 0 Å². The average molecular weight is 483 g/mol. The van der Waals surface area contributed by atoms with Crippen molar-refractivity contribution in [1.29, 1.82) is 0 Å². The number of aliphatic hydroxyl groups excluding tert-OH is 2. The molecular formula is C27H46O7. The molecule has 0 bridgehead atoms. The van der Waals surface area contributed by atoms with E-state index in [0.717, 1.165) is 32.1 Å². The SMILES string of the molecule is CCC(=O)O.CCC(=O)O.C[C@@H]1C[C@H]2CC(=O)C[C@H](C)[C@]2(CO)[C@H]2CC[C@]3(C)[C@@H](O)CC[C@H]3[C@H]12. The van der Waals surface area contributed by atoms with E-state index in [-0.39, 0.29) is 36.4 Å². The summed E-state index contributed by atoms with van der Waals surface area (Å²) in [6.45, 7) is 10.3. The minimum atomic E-state index is -0.745. The van der Waals surface area contributed by atoms with E-state index < -0.39 is 11.9 Å². The van der Waals surface area contributed by atoms with E-state index in [4.69, 9.17) is 10.2 Å². The standard InChI is InChI=1S/C21H34O3.2C3H6O2/c1-12-8-14-10-15(23)9-13(2)21(14,11-22)17-6-7-20(3)16(19(12)17)4-5-18(20)24;2*1-2-3(4)5/h12-14,16-19,22,24H,4-11H2,1-3H3;2*2H2,1H3,(H,4,5)/t12-,13+,14+,16+,17+,18+,19+,20+,21+;;/m1../s1. The van der Waals surface area contributed by atoms with Gasteiger partial charge in [0.2, 0.25) is 0 Å². The summed E-state index contributed by atoms with van der Waals surface area (Å²) >= 11 is 0. The highest BCUT2D eigenvalue weighted by Gasteiger charge is 2.64. The summed E-state index contributed by atoms with van der Waals surface area (Å²) in [5.41, 5.74) is 0.0204. The van der Waals surface area contributed by atoms with Gasteiger partial charge in [0.15, 0.2) is 0 Å². The molecule has 9 atom stereocenters. The lowest BCUT2D eigenvalue weighted by atomic mass is 9.41. The van der Waals surface area contributed by atoms with Gasteiger partial charge >= 0.3 is 11.9 Å². The molecule has 0 heterocycles. The van der Waals surface area contributed by atoms with Gasteiger partial charge in [-0.05, 0) is 73.0 Å². The van der Waals surface area contributed by atoms with Crippen LogP contribution >= 0.6 is 0 Å². The first kappa shape index (κ1) is 28.8.